The third kappa shape index (κ3) is 5.11. The van der Waals surface area contributed by atoms with E-state index < -0.39 is 11.6 Å². The number of nitrogens with zero attached hydrogens (tertiary/aromatic N) is 2. The van der Waals surface area contributed by atoms with Gasteiger partial charge in [0.05, 0.1) is 23.6 Å². The summed E-state index contributed by atoms with van der Waals surface area (Å²) in [6.07, 6.45) is 3.18. The van der Waals surface area contributed by atoms with E-state index in [9.17, 15) is 9.59 Å². The van der Waals surface area contributed by atoms with Gasteiger partial charge in [0.15, 0.2) is 0 Å². The van der Waals surface area contributed by atoms with Crippen molar-refractivity contribution in [2.45, 2.75) is 39.2 Å². The van der Waals surface area contributed by atoms with Crippen LogP contribution in [-0.4, -0.2) is 42.7 Å². The summed E-state index contributed by atoms with van der Waals surface area (Å²) < 4.78 is 10.4. The molecule has 0 bridgehead atoms. The Morgan fingerprint density at radius 2 is 1.87 bits per heavy atom. The number of benzene rings is 1. The van der Waals surface area contributed by atoms with E-state index in [0.29, 0.717) is 36.5 Å². The van der Waals surface area contributed by atoms with E-state index in [1.165, 1.54) is 7.11 Å². The van der Waals surface area contributed by atoms with Crippen molar-refractivity contribution in [3.8, 4) is 11.1 Å². The van der Waals surface area contributed by atoms with Gasteiger partial charge in [-0.25, -0.2) is 9.78 Å². The van der Waals surface area contributed by atoms with Gasteiger partial charge in [-0.3, -0.25) is 4.79 Å². The Morgan fingerprint density at radius 3 is 2.50 bits per heavy atom. The maximum Gasteiger partial charge on any atom is 0.340 e. The Labute approximate surface area is 182 Å². The summed E-state index contributed by atoms with van der Waals surface area (Å²) in [5.74, 6) is 0.125. The Hall–Kier alpha value is -2.60. The van der Waals surface area contributed by atoms with Gasteiger partial charge in [-0.05, 0) is 63.4 Å². The number of piperidine rings is 1. The molecule has 0 radical (unpaired) electrons. The minimum absolute atomic E-state index is 0.0762. The minimum atomic E-state index is -0.611. The molecule has 0 N–H and O–H groups in total. The molecule has 0 saturated carbocycles. The minimum Gasteiger partial charge on any atom is -0.469 e. The van der Waals surface area contributed by atoms with Crippen LogP contribution < -0.4 is 4.90 Å². The highest BCUT2D eigenvalue weighted by molar-refractivity contribution is 6.33. The molecule has 30 heavy (non-hydrogen) atoms. The van der Waals surface area contributed by atoms with Crippen LogP contribution in [-0.2, 0) is 14.3 Å². The summed E-state index contributed by atoms with van der Waals surface area (Å²) in [6, 6.07) is 9.16. The fourth-order valence-electron chi connectivity index (χ4n) is 3.55. The Kier molecular flexibility index (Phi) is 6.66. The largest absolute Gasteiger partial charge is 0.469 e. The van der Waals surface area contributed by atoms with Crippen LogP contribution in [0.5, 0.6) is 0 Å². The number of ether oxygens (including phenoxy) is 2. The molecular formula is C23H27ClN2O4. The second kappa shape index (κ2) is 9.04. The lowest BCUT2D eigenvalue weighted by molar-refractivity contribution is -0.146. The van der Waals surface area contributed by atoms with Crippen molar-refractivity contribution < 1.29 is 19.1 Å². The first-order valence-corrected chi connectivity index (χ1v) is 10.4. The van der Waals surface area contributed by atoms with E-state index in [2.05, 4.69) is 9.88 Å². The van der Waals surface area contributed by atoms with E-state index in [1.54, 1.807) is 18.3 Å². The Morgan fingerprint density at radius 1 is 1.17 bits per heavy atom. The highest BCUT2D eigenvalue weighted by atomic mass is 35.5. The van der Waals surface area contributed by atoms with Crippen LogP contribution in [0.15, 0.2) is 36.5 Å². The number of anilines is 1. The molecular weight excluding hydrogens is 404 g/mol. The average Bonchev–Trinajstić information content (AvgIpc) is 2.72. The van der Waals surface area contributed by atoms with Crippen LogP contribution in [0.3, 0.4) is 0 Å². The van der Waals surface area contributed by atoms with Gasteiger partial charge in [0, 0.05) is 24.8 Å². The van der Waals surface area contributed by atoms with E-state index in [4.69, 9.17) is 21.1 Å². The zero-order chi connectivity index (χ0) is 21.9. The molecule has 1 aliphatic heterocycles. The molecule has 1 fully saturated rings. The molecule has 1 saturated heterocycles. The van der Waals surface area contributed by atoms with Crippen LogP contribution in [0.1, 0.15) is 44.0 Å². The predicted octanol–water partition coefficient (Wildman–Crippen LogP) is 4.75. The van der Waals surface area contributed by atoms with Gasteiger partial charge < -0.3 is 14.4 Å². The van der Waals surface area contributed by atoms with Gasteiger partial charge in [0.2, 0.25) is 0 Å². The number of aromatic nitrogens is 1. The van der Waals surface area contributed by atoms with Gasteiger partial charge in [0.1, 0.15) is 11.4 Å². The molecule has 0 amide bonds. The highest BCUT2D eigenvalue weighted by Gasteiger charge is 2.28. The van der Waals surface area contributed by atoms with Gasteiger partial charge in [-0.2, -0.15) is 0 Å². The molecule has 6 nitrogen and oxygen atoms in total. The first-order chi connectivity index (χ1) is 14.2. The van der Waals surface area contributed by atoms with Crippen molar-refractivity contribution in [2.24, 2.45) is 5.92 Å². The van der Waals surface area contributed by atoms with Crippen molar-refractivity contribution in [1.29, 1.82) is 0 Å². The van der Waals surface area contributed by atoms with E-state index in [1.807, 2.05) is 39.0 Å². The molecule has 160 valence electrons. The lowest BCUT2D eigenvalue weighted by Crippen LogP contribution is -2.37. The second-order valence-corrected chi connectivity index (χ2v) is 8.76. The maximum absolute atomic E-state index is 12.6. The Bertz CT molecular complexity index is 931. The first-order valence-electron chi connectivity index (χ1n) is 10.0. The summed E-state index contributed by atoms with van der Waals surface area (Å²) in [5.41, 5.74) is 1.44. The van der Waals surface area contributed by atoms with Crippen molar-refractivity contribution in [3.63, 3.8) is 0 Å². The molecule has 2 heterocycles. The summed E-state index contributed by atoms with van der Waals surface area (Å²) in [5, 5.41) is 0.345. The van der Waals surface area contributed by atoms with Gasteiger partial charge >= 0.3 is 11.9 Å². The SMILES string of the molecule is COC(=O)C1CCN(c2ncccc2-c2ccc(Cl)c(C(=O)OC(C)(C)C)c2)CC1. The monoisotopic (exact) mass is 430 g/mol. The summed E-state index contributed by atoms with van der Waals surface area (Å²) in [6.45, 7) is 6.87. The summed E-state index contributed by atoms with van der Waals surface area (Å²) in [7, 11) is 1.42. The number of halogens is 1. The van der Waals surface area contributed by atoms with Crippen LogP contribution in [0.25, 0.3) is 11.1 Å². The van der Waals surface area contributed by atoms with Gasteiger partial charge in [-0.15, -0.1) is 0 Å². The second-order valence-electron chi connectivity index (χ2n) is 8.36. The number of pyridine rings is 1. The molecule has 0 aliphatic carbocycles. The third-order valence-electron chi connectivity index (χ3n) is 5.01. The zero-order valence-corrected chi connectivity index (χ0v) is 18.5. The van der Waals surface area contributed by atoms with Crippen molar-refractivity contribution in [1.82, 2.24) is 4.98 Å². The standard InChI is InChI=1S/C23H27ClN2O4/c1-23(2,3)30-22(28)18-14-16(7-8-19(18)24)17-6-5-11-25-20(17)26-12-9-15(10-13-26)21(27)29-4/h5-8,11,14-15H,9-10,12-13H2,1-4H3. The molecule has 1 aromatic heterocycles. The topological polar surface area (TPSA) is 68.7 Å². The number of hydrogen-bond donors (Lipinski definition) is 0. The lowest BCUT2D eigenvalue weighted by atomic mass is 9.96. The van der Waals surface area contributed by atoms with Crippen LogP contribution in [0, 0.1) is 5.92 Å². The lowest BCUT2D eigenvalue weighted by Gasteiger charge is -2.32. The Balaban J connectivity index is 1.89. The predicted molar refractivity (Wildman–Crippen MR) is 117 cm³/mol. The van der Waals surface area contributed by atoms with Crippen LogP contribution in [0.2, 0.25) is 5.02 Å². The molecule has 3 rings (SSSR count). The van der Waals surface area contributed by atoms with Crippen molar-refractivity contribution in [2.75, 3.05) is 25.1 Å². The van der Waals surface area contributed by atoms with Gasteiger partial charge in [-0.1, -0.05) is 17.7 Å². The number of carbonyl (C=O) groups excluding carboxylic acids is 2. The van der Waals surface area contributed by atoms with E-state index in [-0.39, 0.29) is 11.9 Å². The fourth-order valence-corrected chi connectivity index (χ4v) is 3.74. The molecule has 0 unspecified atom stereocenters. The number of methoxy groups -OCH3 is 1. The normalized spacial score (nSPS) is 15.0. The maximum atomic E-state index is 12.6. The number of carbonyl (C=O) groups is 2. The quantitative estimate of drug-likeness (QED) is 0.652. The molecule has 7 heteroatoms. The van der Waals surface area contributed by atoms with E-state index >= 15 is 0 Å². The molecule has 1 aliphatic rings. The fraction of sp³-hybridized carbons (Fsp3) is 0.435. The smallest absolute Gasteiger partial charge is 0.340 e. The average molecular weight is 431 g/mol. The number of hydrogen-bond acceptors (Lipinski definition) is 6. The van der Waals surface area contributed by atoms with Crippen LogP contribution >= 0.6 is 11.6 Å². The van der Waals surface area contributed by atoms with E-state index in [0.717, 1.165) is 16.9 Å². The number of esters is 2. The summed E-state index contributed by atoms with van der Waals surface area (Å²) in [4.78, 5) is 31.2. The van der Waals surface area contributed by atoms with Crippen molar-refractivity contribution >= 4 is 29.4 Å². The molecule has 2 aromatic rings. The molecule has 1 aromatic carbocycles. The third-order valence-corrected chi connectivity index (χ3v) is 5.34. The first kappa shape index (κ1) is 22.1. The van der Waals surface area contributed by atoms with Gasteiger partial charge in [0.25, 0.3) is 0 Å². The number of rotatable bonds is 4. The van der Waals surface area contributed by atoms with Crippen molar-refractivity contribution in [3.05, 3.63) is 47.1 Å². The zero-order valence-electron chi connectivity index (χ0n) is 17.8. The molecule has 0 spiro atoms. The summed E-state index contributed by atoms with van der Waals surface area (Å²) >= 11 is 6.28. The van der Waals surface area contributed by atoms with Crippen LogP contribution in [0.4, 0.5) is 5.82 Å². The highest BCUT2D eigenvalue weighted by Crippen LogP contribution is 2.34. The molecule has 0 atom stereocenters.